The highest BCUT2D eigenvalue weighted by Crippen LogP contribution is 2.14. The first-order chi connectivity index (χ1) is 9.67. The van der Waals surface area contributed by atoms with E-state index in [1.54, 1.807) is 11.8 Å². The standard InChI is InChI=1S/C15H21NO3S/c1-19-14(17)6-4-3-5-11-16-15(18)12-7-9-13(20-2)10-8-12/h7-10H,3-6,11H2,1-2H3,(H,16,18). The number of hydrogen-bond donors (Lipinski definition) is 1. The van der Waals surface area contributed by atoms with E-state index < -0.39 is 0 Å². The van der Waals surface area contributed by atoms with Crippen LogP contribution >= 0.6 is 11.8 Å². The summed E-state index contributed by atoms with van der Waals surface area (Å²) in [7, 11) is 1.39. The van der Waals surface area contributed by atoms with Gasteiger partial charge in [-0.1, -0.05) is 6.42 Å². The molecular weight excluding hydrogens is 274 g/mol. The quantitative estimate of drug-likeness (QED) is 0.455. The molecule has 5 heteroatoms. The molecule has 0 saturated carbocycles. The summed E-state index contributed by atoms with van der Waals surface area (Å²) < 4.78 is 4.56. The second kappa shape index (κ2) is 9.42. The Labute approximate surface area is 124 Å². The number of ether oxygens (including phenoxy) is 1. The van der Waals surface area contributed by atoms with Gasteiger partial charge in [0.2, 0.25) is 0 Å². The zero-order chi connectivity index (χ0) is 14.8. The normalized spacial score (nSPS) is 10.1. The van der Waals surface area contributed by atoms with E-state index in [-0.39, 0.29) is 11.9 Å². The van der Waals surface area contributed by atoms with E-state index in [2.05, 4.69) is 10.1 Å². The van der Waals surface area contributed by atoms with Gasteiger partial charge in [0.1, 0.15) is 0 Å². The van der Waals surface area contributed by atoms with Crippen LogP contribution in [0, 0.1) is 0 Å². The predicted molar refractivity (Wildman–Crippen MR) is 81.0 cm³/mol. The molecule has 110 valence electrons. The van der Waals surface area contributed by atoms with Crippen molar-refractivity contribution in [1.29, 1.82) is 0 Å². The topological polar surface area (TPSA) is 55.4 Å². The highest BCUT2D eigenvalue weighted by atomic mass is 32.2. The first-order valence-corrected chi connectivity index (χ1v) is 7.89. The van der Waals surface area contributed by atoms with Gasteiger partial charge >= 0.3 is 5.97 Å². The molecule has 0 aliphatic heterocycles. The molecule has 1 aromatic rings. The first kappa shape index (κ1) is 16.6. The maximum absolute atomic E-state index is 11.8. The largest absolute Gasteiger partial charge is 0.469 e. The monoisotopic (exact) mass is 295 g/mol. The minimum Gasteiger partial charge on any atom is -0.469 e. The third kappa shape index (κ3) is 6.10. The Balaban J connectivity index is 2.18. The molecule has 1 rings (SSSR count). The van der Waals surface area contributed by atoms with E-state index in [0.717, 1.165) is 24.2 Å². The Morgan fingerprint density at radius 2 is 1.85 bits per heavy atom. The Morgan fingerprint density at radius 1 is 1.15 bits per heavy atom. The van der Waals surface area contributed by atoms with Crippen molar-refractivity contribution < 1.29 is 14.3 Å². The van der Waals surface area contributed by atoms with Crippen molar-refractivity contribution >= 4 is 23.6 Å². The summed E-state index contributed by atoms with van der Waals surface area (Å²) >= 11 is 1.65. The second-order valence-electron chi connectivity index (χ2n) is 4.37. The van der Waals surface area contributed by atoms with Gasteiger partial charge in [0, 0.05) is 23.4 Å². The second-order valence-corrected chi connectivity index (χ2v) is 5.25. The lowest BCUT2D eigenvalue weighted by Crippen LogP contribution is -2.24. The van der Waals surface area contributed by atoms with Crippen LogP contribution in [0.25, 0.3) is 0 Å². The molecule has 0 fully saturated rings. The van der Waals surface area contributed by atoms with Crippen molar-refractivity contribution in [3.63, 3.8) is 0 Å². The van der Waals surface area contributed by atoms with Crippen LogP contribution < -0.4 is 5.32 Å². The highest BCUT2D eigenvalue weighted by Gasteiger charge is 2.04. The fraction of sp³-hybridized carbons (Fsp3) is 0.467. The van der Waals surface area contributed by atoms with Gasteiger partial charge in [-0.3, -0.25) is 9.59 Å². The molecule has 0 atom stereocenters. The molecule has 4 nitrogen and oxygen atoms in total. The van der Waals surface area contributed by atoms with Crippen LogP contribution in [-0.2, 0) is 9.53 Å². The number of methoxy groups -OCH3 is 1. The van der Waals surface area contributed by atoms with Gasteiger partial charge in [0.15, 0.2) is 0 Å². The fourth-order valence-electron chi connectivity index (χ4n) is 1.72. The zero-order valence-corrected chi connectivity index (χ0v) is 12.8. The Morgan fingerprint density at radius 3 is 2.45 bits per heavy atom. The Hall–Kier alpha value is -1.49. The molecule has 0 radical (unpaired) electrons. The SMILES string of the molecule is COC(=O)CCCCCNC(=O)c1ccc(SC)cc1. The van der Waals surface area contributed by atoms with Gasteiger partial charge < -0.3 is 10.1 Å². The van der Waals surface area contributed by atoms with E-state index in [4.69, 9.17) is 0 Å². The molecular formula is C15H21NO3S. The summed E-state index contributed by atoms with van der Waals surface area (Å²) in [5.74, 6) is -0.228. The number of carbonyl (C=O) groups excluding carboxylic acids is 2. The van der Waals surface area contributed by atoms with Gasteiger partial charge in [0.05, 0.1) is 7.11 Å². The van der Waals surface area contributed by atoms with E-state index in [1.807, 2.05) is 30.5 Å². The third-order valence-corrected chi connectivity index (χ3v) is 3.67. The molecule has 1 amide bonds. The molecule has 1 N–H and O–H groups in total. The highest BCUT2D eigenvalue weighted by molar-refractivity contribution is 7.98. The molecule has 20 heavy (non-hydrogen) atoms. The molecule has 0 saturated heterocycles. The average molecular weight is 295 g/mol. The average Bonchev–Trinajstić information content (AvgIpc) is 2.50. The van der Waals surface area contributed by atoms with Crippen LogP contribution in [0.3, 0.4) is 0 Å². The summed E-state index contributed by atoms with van der Waals surface area (Å²) in [5, 5.41) is 2.88. The number of thioether (sulfide) groups is 1. The lowest BCUT2D eigenvalue weighted by Gasteiger charge is -2.05. The van der Waals surface area contributed by atoms with Crippen LogP contribution in [0.1, 0.15) is 36.0 Å². The van der Waals surface area contributed by atoms with Crippen molar-refractivity contribution in [3.8, 4) is 0 Å². The van der Waals surface area contributed by atoms with Crippen LogP contribution in [-0.4, -0.2) is 31.8 Å². The summed E-state index contributed by atoms with van der Waals surface area (Å²) in [4.78, 5) is 23.9. The van der Waals surface area contributed by atoms with Crippen LogP contribution in [0.2, 0.25) is 0 Å². The Kier molecular flexibility index (Phi) is 7.80. The van der Waals surface area contributed by atoms with E-state index in [1.165, 1.54) is 7.11 Å². The van der Waals surface area contributed by atoms with Gasteiger partial charge in [-0.05, 0) is 43.4 Å². The van der Waals surface area contributed by atoms with E-state index in [0.29, 0.717) is 18.5 Å². The van der Waals surface area contributed by atoms with Crippen LogP contribution in [0.5, 0.6) is 0 Å². The third-order valence-electron chi connectivity index (χ3n) is 2.92. The molecule has 0 unspecified atom stereocenters. The van der Waals surface area contributed by atoms with Crippen molar-refractivity contribution in [2.24, 2.45) is 0 Å². The number of benzene rings is 1. The fourth-order valence-corrected chi connectivity index (χ4v) is 2.13. The first-order valence-electron chi connectivity index (χ1n) is 6.66. The number of amides is 1. The zero-order valence-electron chi connectivity index (χ0n) is 12.0. The molecule has 0 aliphatic carbocycles. The Bertz CT molecular complexity index is 431. The number of esters is 1. The van der Waals surface area contributed by atoms with Crippen LogP contribution in [0.15, 0.2) is 29.2 Å². The van der Waals surface area contributed by atoms with Gasteiger partial charge in [-0.15, -0.1) is 11.8 Å². The smallest absolute Gasteiger partial charge is 0.305 e. The van der Waals surface area contributed by atoms with Gasteiger partial charge in [0.25, 0.3) is 5.91 Å². The van der Waals surface area contributed by atoms with Crippen molar-refractivity contribution in [2.45, 2.75) is 30.6 Å². The van der Waals surface area contributed by atoms with E-state index in [9.17, 15) is 9.59 Å². The predicted octanol–water partition coefficient (Wildman–Crippen LogP) is 2.87. The van der Waals surface area contributed by atoms with Crippen molar-refractivity contribution in [1.82, 2.24) is 5.32 Å². The summed E-state index contributed by atoms with van der Waals surface area (Å²) in [6.07, 6.45) is 5.02. The number of carbonyl (C=O) groups is 2. The summed E-state index contributed by atoms with van der Waals surface area (Å²) in [6, 6.07) is 7.54. The maximum atomic E-state index is 11.8. The molecule has 0 heterocycles. The minimum absolute atomic E-state index is 0.0504. The van der Waals surface area contributed by atoms with Crippen LogP contribution in [0.4, 0.5) is 0 Å². The number of unbranched alkanes of at least 4 members (excludes halogenated alkanes) is 2. The maximum Gasteiger partial charge on any atom is 0.305 e. The summed E-state index contributed by atoms with van der Waals surface area (Å²) in [5.41, 5.74) is 0.678. The molecule has 0 aliphatic rings. The van der Waals surface area contributed by atoms with Gasteiger partial charge in [-0.2, -0.15) is 0 Å². The lowest BCUT2D eigenvalue weighted by molar-refractivity contribution is -0.140. The minimum atomic E-state index is -0.178. The van der Waals surface area contributed by atoms with E-state index >= 15 is 0 Å². The summed E-state index contributed by atoms with van der Waals surface area (Å²) in [6.45, 7) is 0.629. The molecule has 0 bridgehead atoms. The lowest BCUT2D eigenvalue weighted by atomic mass is 10.2. The number of rotatable bonds is 8. The molecule has 0 aromatic heterocycles. The number of nitrogens with one attached hydrogen (secondary N) is 1. The molecule has 0 spiro atoms. The number of hydrogen-bond acceptors (Lipinski definition) is 4. The van der Waals surface area contributed by atoms with Gasteiger partial charge in [-0.25, -0.2) is 0 Å². The van der Waals surface area contributed by atoms with Crippen molar-refractivity contribution in [2.75, 3.05) is 19.9 Å². The molecule has 1 aromatic carbocycles. The van der Waals surface area contributed by atoms with Crippen molar-refractivity contribution in [3.05, 3.63) is 29.8 Å².